The highest BCUT2D eigenvalue weighted by Crippen LogP contribution is 2.07. The van der Waals surface area contributed by atoms with Gasteiger partial charge in [0.05, 0.1) is 25.4 Å². The number of nitrogens with zero attached hydrogens (tertiary/aromatic N) is 2. The van der Waals surface area contributed by atoms with Gasteiger partial charge in [-0.05, 0) is 28.2 Å². The van der Waals surface area contributed by atoms with Crippen LogP contribution in [0.25, 0.3) is 0 Å². The van der Waals surface area contributed by atoms with Crippen molar-refractivity contribution in [1.29, 1.82) is 0 Å². The van der Waals surface area contributed by atoms with Gasteiger partial charge in [0.15, 0.2) is 0 Å². The molecule has 0 aliphatic carbocycles. The van der Waals surface area contributed by atoms with Crippen LogP contribution >= 0.6 is 0 Å². The van der Waals surface area contributed by atoms with E-state index in [-0.39, 0.29) is 12.7 Å². The summed E-state index contributed by atoms with van der Waals surface area (Å²) in [5, 5.41) is 17.1. The van der Waals surface area contributed by atoms with E-state index in [1.807, 2.05) is 44.1 Å². The maximum absolute atomic E-state index is 8.87. The van der Waals surface area contributed by atoms with Crippen LogP contribution in [0.4, 0.5) is 0 Å². The summed E-state index contributed by atoms with van der Waals surface area (Å²) in [6, 6.07) is 0. The Morgan fingerprint density at radius 2 is 1.76 bits per heavy atom. The molecule has 0 amide bonds. The molecule has 0 aromatic heterocycles. The average molecular weight is 300 g/mol. The van der Waals surface area contributed by atoms with E-state index in [1.165, 1.54) is 6.08 Å². The molecule has 124 valence electrons. The number of likely N-dealkylation sites (N-methyl/N-ethyl adjacent to an activating group) is 2. The van der Waals surface area contributed by atoms with Gasteiger partial charge in [0.25, 0.3) is 0 Å². The summed E-state index contributed by atoms with van der Waals surface area (Å²) in [7, 11) is 7.79. The van der Waals surface area contributed by atoms with Crippen LogP contribution in [-0.2, 0) is 4.74 Å². The number of epoxide rings is 1. The average Bonchev–Trinajstić information content (AvgIpc) is 3.23. The standard InChI is InChI=1S/2C6H13NO.C4H6O/c1-7(2)5-3-4-6-8;1-4-6(8)5-7(2)3;1-2-4-3-5-4/h3-4,8H,5-6H2,1-2H3;4,6,8H,1,5H2,2-3H3;2,4H,1,3H2/b4-3+;;. The molecule has 5 nitrogen and oxygen atoms in total. The molecule has 1 aliphatic rings. The number of ether oxygens (including phenoxy) is 1. The third-order valence-electron chi connectivity index (χ3n) is 2.19. The second-order valence-corrected chi connectivity index (χ2v) is 5.09. The third-order valence-corrected chi connectivity index (χ3v) is 2.19. The predicted molar refractivity (Wildman–Crippen MR) is 89.5 cm³/mol. The van der Waals surface area contributed by atoms with Crippen molar-refractivity contribution in [3.8, 4) is 0 Å². The van der Waals surface area contributed by atoms with Crippen LogP contribution in [0.5, 0.6) is 0 Å². The molecule has 0 radical (unpaired) electrons. The van der Waals surface area contributed by atoms with Crippen molar-refractivity contribution in [1.82, 2.24) is 9.80 Å². The van der Waals surface area contributed by atoms with Crippen molar-refractivity contribution in [2.75, 3.05) is 54.5 Å². The van der Waals surface area contributed by atoms with Crippen LogP contribution in [0.3, 0.4) is 0 Å². The number of aliphatic hydroxyl groups is 2. The lowest BCUT2D eigenvalue weighted by atomic mass is 10.3. The monoisotopic (exact) mass is 300 g/mol. The van der Waals surface area contributed by atoms with Crippen LogP contribution in [0, 0.1) is 0 Å². The zero-order chi connectivity index (χ0) is 16.7. The Hall–Kier alpha value is -0.980. The highest BCUT2D eigenvalue weighted by atomic mass is 16.6. The van der Waals surface area contributed by atoms with Gasteiger partial charge in [0.1, 0.15) is 0 Å². The third kappa shape index (κ3) is 24.4. The SMILES string of the molecule is C=CC(O)CN(C)C.C=CC1CO1.CN(C)C/C=C/CO. The van der Waals surface area contributed by atoms with Crippen molar-refractivity contribution >= 4 is 0 Å². The van der Waals surface area contributed by atoms with E-state index in [1.54, 1.807) is 12.2 Å². The van der Waals surface area contributed by atoms with Crippen molar-refractivity contribution < 1.29 is 14.9 Å². The van der Waals surface area contributed by atoms with Crippen LogP contribution in [-0.4, -0.2) is 86.7 Å². The van der Waals surface area contributed by atoms with Gasteiger partial charge in [-0.2, -0.15) is 0 Å². The van der Waals surface area contributed by atoms with Crippen molar-refractivity contribution in [2.24, 2.45) is 0 Å². The number of hydrogen-bond acceptors (Lipinski definition) is 5. The van der Waals surface area contributed by atoms with Crippen molar-refractivity contribution in [3.63, 3.8) is 0 Å². The van der Waals surface area contributed by atoms with Crippen LogP contribution in [0.1, 0.15) is 0 Å². The summed E-state index contributed by atoms with van der Waals surface area (Å²) in [6.07, 6.45) is 7.01. The van der Waals surface area contributed by atoms with E-state index in [2.05, 4.69) is 13.2 Å². The van der Waals surface area contributed by atoms with Gasteiger partial charge in [-0.1, -0.05) is 24.3 Å². The summed E-state index contributed by atoms with van der Waals surface area (Å²) < 4.78 is 4.74. The molecule has 0 aromatic rings. The first-order valence-electron chi connectivity index (χ1n) is 6.97. The molecule has 0 aromatic carbocycles. The second kappa shape index (κ2) is 15.4. The number of aliphatic hydroxyl groups excluding tert-OH is 2. The van der Waals surface area contributed by atoms with E-state index >= 15 is 0 Å². The lowest BCUT2D eigenvalue weighted by Gasteiger charge is -2.11. The maximum Gasteiger partial charge on any atom is 0.0988 e. The van der Waals surface area contributed by atoms with Crippen LogP contribution in [0.15, 0.2) is 37.5 Å². The zero-order valence-electron chi connectivity index (χ0n) is 13.9. The lowest BCUT2D eigenvalue weighted by Crippen LogP contribution is -2.23. The molecular formula is C16H32N2O3. The minimum atomic E-state index is -0.384. The van der Waals surface area contributed by atoms with Gasteiger partial charge in [-0.15, -0.1) is 13.2 Å². The number of hydrogen-bond donors (Lipinski definition) is 2. The highest BCUT2D eigenvalue weighted by molar-refractivity contribution is 4.87. The van der Waals surface area contributed by atoms with E-state index in [0.717, 1.165) is 13.2 Å². The van der Waals surface area contributed by atoms with Gasteiger partial charge in [-0.25, -0.2) is 0 Å². The summed E-state index contributed by atoms with van der Waals surface area (Å²) >= 11 is 0. The molecule has 0 bridgehead atoms. The van der Waals surface area contributed by atoms with Crippen LogP contribution in [0.2, 0.25) is 0 Å². The fraction of sp³-hybridized carbons (Fsp3) is 0.625. The Bertz CT molecular complexity index is 275. The largest absolute Gasteiger partial charge is 0.392 e. The minimum absolute atomic E-state index is 0.147. The Morgan fingerprint density at radius 3 is 1.95 bits per heavy atom. The van der Waals surface area contributed by atoms with Crippen molar-refractivity contribution in [3.05, 3.63) is 37.5 Å². The minimum Gasteiger partial charge on any atom is -0.392 e. The first-order valence-corrected chi connectivity index (χ1v) is 6.97. The molecule has 21 heavy (non-hydrogen) atoms. The van der Waals surface area contributed by atoms with Gasteiger partial charge in [0, 0.05) is 13.1 Å². The summed E-state index contributed by atoms with van der Waals surface area (Å²) in [4.78, 5) is 3.94. The molecule has 1 saturated heterocycles. The molecule has 1 rings (SSSR count). The van der Waals surface area contributed by atoms with Crippen LogP contribution < -0.4 is 0 Å². The first-order chi connectivity index (χ1) is 9.87. The molecule has 1 aliphatic heterocycles. The molecule has 1 heterocycles. The maximum atomic E-state index is 8.87. The molecule has 0 saturated carbocycles. The zero-order valence-corrected chi connectivity index (χ0v) is 13.9. The molecule has 0 spiro atoms. The molecule has 5 heteroatoms. The van der Waals surface area contributed by atoms with E-state index < -0.39 is 0 Å². The summed E-state index contributed by atoms with van der Waals surface area (Å²) in [6.45, 7) is 9.53. The van der Waals surface area contributed by atoms with Gasteiger partial charge in [-0.3, -0.25) is 0 Å². The van der Waals surface area contributed by atoms with Crippen molar-refractivity contribution in [2.45, 2.75) is 12.2 Å². The number of rotatable bonds is 7. The fourth-order valence-corrected chi connectivity index (χ4v) is 1.00. The Labute approximate surface area is 129 Å². The normalized spacial score (nSPS) is 17.6. The molecule has 2 N–H and O–H groups in total. The summed E-state index contributed by atoms with van der Waals surface area (Å²) in [5.41, 5.74) is 0. The Morgan fingerprint density at radius 1 is 1.19 bits per heavy atom. The highest BCUT2D eigenvalue weighted by Gasteiger charge is 2.16. The predicted octanol–water partition coefficient (Wildman–Crippen LogP) is 0.763. The van der Waals surface area contributed by atoms with Gasteiger partial charge < -0.3 is 24.7 Å². The molecule has 2 unspecified atom stereocenters. The topological polar surface area (TPSA) is 59.5 Å². The summed E-state index contributed by atoms with van der Waals surface area (Å²) in [5.74, 6) is 0. The lowest BCUT2D eigenvalue weighted by molar-refractivity contribution is 0.178. The van der Waals surface area contributed by atoms with Gasteiger partial charge in [0.2, 0.25) is 0 Å². The smallest absolute Gasteiger partial charge is 0.0988 e. The Kier molecular flexibility index (Phi) is 16.4. The quantitative estimate of drug-likeness (QED) is 0.537. The molecular weight excluding hydrogens is 268 g/mol. The molecule has 2 atom stereocenters. The van der Waals surface area contributed by atoms with Gasteiger partial charge >= 0.3 is 0 Å². The second-order valence-electron chi connectivity index (χ2n) is 5.09. The van der Waals surface area contributed by atoms with E-state index in [0.29, 0.717) is 12.6 Å². The first kappa shape index (κ1) is 22.3. The van der Waals surface area contributed by atoms with E-state index in [4.69, 9.17) is 14.9 Å². The van der Waals surface area contributed by atoms with E-state index in [9.17, 15) is 0 Å². The Balaban J connectivity index is 0. The fourth-order valence-electron chi connectivity index (χ4n) is 1.00. The molecule has 1 fully saturated rings.